The molecule has 2 heterocycles. The third-order valence-corrected chi connectivity index (χ3v) is 3.32. The standard InChI is InChI=1S/C12H16N2O4/c1-2-3-9-10-8(11(15)16)4-5-13(10)6-7-14(9)12(17)18/h4-5,9H,2-3,6-7H2,1H3,(H,15,16)(H,17,18). The quantitative estimate of drug-likeness (QED) is 0.862. The van der Waals surface area contributed by atoms with Crippen LogP contribution in [0.2, 0.25) is 0 Å². The van der Waals surface area contributed by atoms with Gasteiger partial charge in [0.2, 0.25) is 0 Å². The molecule has 1 atom stereocenters. The first-order chi connectivity index (χ1) is 8.56. The molecule has 0 aliphatic carbocycles. The number of aromatic nitrogens is 1. The average molecular weight is 252 g/mol. The van der Waals surface area contributed by atoms with E-state index in [0.29, 0.717) is 25.2 Å². The summed E-state index contributed by atoms with van der Waals surface area (Å²) in [7, 11) is 0. The van der Waals surface area contributed by atoms with E-state index in [1.54, 1.807) is 12.3 Å². The van der Waals surface area contributed by atoms with E-state index in [1.165, 1.54) is 4.90 Å². The lowest BCUT2D eigenvalue weighted by atomic mass is 10.0. The molecule has 0 fully saturated rings. The zero-order chi connectivity index (χ0) is 13.3. The van der Waals surface area contributed by atoms with Crippen LogP contribution in [0.4, 0.5) is 4.79 Å². The molecule has 1 aliphatic rings. The van der Waals surface area contributed by atoms with Gasteiger partial charge in [-0.1, -0.05) is 13.3 Å². The molecule has 2 rings (SSSR count). The van der Waals surface area contributed by atoms with Gasteiger partial charge in [-0.2, -0.15) is 0 Å². The molecule has 98 valence electrons. The fourth-order valence-corrected chi connectivity index (χ4v) is 2.55. The van der Waals surface area contributed by atoms with Crippen molar-refractivity contribution in [2.45, 2.75) is 32.4 Å². The highest BCUT2D eigenvalue weighted by atomic mass is 16.4. The third kappa shape index (κ3) is 1.94. The van der Waals surface area contributed by atoms with Gasteiger partial charge in [0.1, 0.15) is 0 Å². The molecule has 6 nitrogen and oxygen atoms in total. The lowest BCUT2D eigenvalue weighted by Crippen LogP contribution is -2.41. The third-order valence-electron chi connectivity index (χ3n) is 3.32. The first kappa shape index (κ1) is 12.5. The fraction of sp³-hybridized carbons (Fsp3) is 0.500. The number of rotatable bonds is 3. The summed E-state index contributed by atoms with van der Waals surface area (Å²) in [5.74, 6) is -1.00. The smallest absolute Gasteiger partial charge is 0.407 e. The van der Waals surface area contributed by atoms with Crippen LogP contribution in [0.1, 0.15) is 41.9 Å². The summed E-state index contributed by atoms with van der Waals surface area (Å²) in [4.78, 5) is 23.7. The lowest BCUT2D eigenvalue weighted by Gasteiger charge is -2.35. The molecule has 1 amide bonds. The number of amides is 1. The van der Waals surface area contributed by atoms with E-state index < -0.39 is 12.1 Å². The van der Waals surface area contributed by atoms with E-state index in [1.807, 2.05) is 11.5 Å². The molecule has 0 radical (unpaired) electrons. The maximum Gasteiger partial charge on any atom is 0.407 e. The minimum atomic E-state index is -1.00. The van der Waals surface area contributed by atoms with Crippen LogP contribution in [0.5, 0.6) is 0 Å². The van der Waals surface area contributed by atoms with Gasteiger partial charge < -0.3 is 14.8 Å². The number of carboxylic acids is 1. The second-order valence-corrected chi connectivity index (χ2v) is 4.39. The zero-order valence-electron chi connectivity index (χ0n) is 10.2. The number of nitrogens with zero attached hydrogens (tertiary/aromatic N) is 2. The van der Waals surface area contributed by atoms with Gasteiger partial charge in [0.05, 0.1) is 17.3 Å². The summed E-state index contributed by atoms with van der Waals surface area (Å²) in [6.07, 6.45) is 2.17. The van der Waals surface area contributed by atoms with Gasteiger partial charge in [0.25, 0.3) is 0 Å². The highest BCUT2D eigenvalue weighted by Gasteiger charge is 2.33. The minimum Gasteiger partial charge on any atom is -0.478 e. The van der Waals surface area contributed by atoms with Crippen LogP contribution in [0.15, 0.2) is 12.3 Å². The summed E-state index contributed by atoms with van der Waals surface area (Å²) in [5, 5.41) is 18.4. The molecule has 0 aromatic carbocycles. The van der Waals surface area contributed by atoms with E-state index in [9.17, 15) is 14.7 Å². The Balaban J connectivity index is 2.46. The minimum absolute atomic E-state index is 0.208. The normalized spacial score (nSPS) is 18.5. The number of hydrogen-bond donors (Lipinski definition) is 2. The first-order valence-electron chi connectivity index (χ1n) is 5.98. The van der Waals surface area contributed by atoms with Crippen LogP contribution in [-0.4, -0.2) is 38.3 Å². The van der Waals surface area contributed by atoms with Crippen molar-refractivity contribution >= 4 is 12.1 Å². The molecule has 2 N–H and O–H groups in total. The van der Waals surface area contributed by atoms with Crippen molar-refractivity contribution in [3.63, 3.8) is 0 Å². The van der Waals surface area contributed by atoms with Crippen LogP contribution in [0, 0.1) is 0 Å². The highest BCUT2D eigenvalue weighted by molar-refractivity contribution is 5.89. The maximum atomic E-state index is 11.2. The Bertz CT molecular complexity index is 480. The van der Waals surface area contributed by atoms with Crippen molar-refractivity contribution in [1.29, 1.82) is 0 Å². The summed E-state index contributed by atoms with van der Waals surface area (Å²) in [5.41, 5.74) is 0.817. The predicted octanol–water partition coefficient (Wildman–Crippen LogP) is 2.02. The van der Waals surface area contributed by atoms with Crippen LogP contribution in [0.25, 0.3) is 0 Å². The molecule has 6 heteroatoms. The number of aromatic carboxylic acids is 1. The summed E-state index contributed by atoms with van der Waals surface area (Å²) in [6, 6.07) is 1.19. The van der Waals surface area contributed by atoms with Gasteiger partial charge in [-0.05, 0) is 12.5 Å². The molecule has 1 aliphatic heterocycles. The number of fused-ring (bicyclic) bond motifs is 1. The highest BCUT2D eigenvalue weighted by Crippen LogP contribution is 2.32. The SMILES string of the molecule is CCCC1c2c(C(=O)O)ccn2CCN1C(=O)O. The molecule has 18 heavy (non-hydrogen) atoms. The van der Waals surface area contributed by atoms with Crippen molar-refractivity contribution in [2.24, 2.45) is 0 Å². The van der Waals surface area contributed by atoms with Gasteiger partial charge in [0, 0.05) is 19.3 Å². The van der Waals surface area contributed by atoms with Crippen LogP contribution in [0.3, 0.4) is 0 Å². The molecule has 0 bridgehead atoms. The Morgan fingerprint density at radius 1 is 1.39 bits per heavy atom. The van der Waals surface area contributed by atoms with E-state index >= 15 is 0 Å². The largest absolute Gasteiger partial charge is 0.478 e. The molecule has 0 saturated carbocycles. The van der Waals surface area contributed by atoms with Crippen molar-refractivity contribution in [3.05, 3.63) is 23.5 Å². The van der Waals surface area contributed by atoms with E-state index in [4.69, 9.17) is 5.11 Å². The predicted molar refractivity (Wildman–Crippen MR) is 63.8 cm³/mol. The Labute approximate surface area is 104 Å². The Hall–Kier alpha value is -1.98. The molecular formula is C12H16N2O4. The molecular weight excluding hydrogens is 236 g/mol. The number of carboxylic acid groups (broad SMARTS) is 2. The average Bonchev–Trinajstić information content (AvgIpc) is 2.73. The summed E-state index contributed by atoms with van der Waals surface area (Å²) < 4.78 is 1.85. The van der Waals surface area contributed by atoms with Crippen molar-refractivity contribution < 1.29 is 19.8 Å². The van der Waals surface area contributed by atoms with Gasteiger partial charge in [-0.25, -0.2) is 9.59 Å². The van der Waals surface area contributed by atoms with Gasteiger partial charge >= 0.3 is 12.1 Å². The molecule has 1 unspecified atom stereocenters. The van der Waals surface area contributed by atoms with Crippen molar-refractivity contribution in [2.75, 3.05) is 6.54 Å². The first-order valence-corrected chi connectivity index (χ1v) is 5.98. The Morgan fingerprint density at radius 2 is 2.11 bits per heavy atom. The van der Waals surface area contributed by atoms with Crippen LogP contribution >= 0.6 is 0 Å². The zero-order valence-corrected chi connectivity index (χ0v) is 10.2. The maximum absolute atomic E-state index is 11.2. The summed E-state index contributed by atoms with van der Waals surface area (Å²) >= 11 is 0. The number of hydrogen-bond acceptors (Lipinski definition) is 2. The van der Waals surface area contributed by atoms with Crippen molar-refractivity contribution in [1.82, 2.24) is 9.47 Å². The monoisotopic (exact) mass is 252 g/mol. The lowest BCUT2D eigenvalue weighted by molar-refractivity contribution is 0.0683. The van der Waals surface area contributed by atoms with E-state index in [0.717, 1.165) is 6.42 Å². The Kier molecular flexibility index (Phi) is 3.27. The van der Waals surface area contributed by atoms with Crippen LogP contribution < -0.4 is 0 Å². The molecule has 1 aromatic heterocycles. The molecule has 1 aromatic rings. The van der Waals surface area contributed by atoms with E-state index in [2.05, 4.69) is 0 Å². The van der Waals surface area contributed by atoms with Gasteiger partial charge in [0.15, 0.2) is 0 Å². The summed E-state index contributed by atoms with van der Waals surface area (Å²) in [6.45, 7) is 2.87. The Morgan fingerprint density at radius 3 is 2.67 bits per heavy atom. The van der Waals surface area contributed by atoms with Gasteiger partial charge in [-0.3, -0.25) is 4.90 Å². The number of carbonyl (C=O) groups is 2. The molecule has 0 saturated heterocycles. The topological polar surface area (TPSA) is 82.8 Å². The fourth-order valence-electron chi connectivity index (χ4n) is 2.55. The van der Waals surface area contributed by atoms with Crippen molar-refractivity contribution in [3.8, 4) is 0 Å². The second-order valence-electron chi connectivity index (χ2n) is 4.39. The van der Waals surface area contributed by atoms with Gasteiger partial charge in [-0.15, -0.1) is 0 Å². The molecule has 0 spiro atoms. The van der Waals surface area contributed by atoms with E-state index in [-0.39, 0.29) is 11.6 Å². The second kappa shape index (κ2) is 4.72. The van der Waals surface area contributed by atoms with Crippen LogP contribution in [-0.2, 0) is 6.54 Å².